The fraction of sp³-hybridized carbons (Fsp3) is 1.00. The van der Waals surface area contributed by atoms with Crippen molar-refractivity contribution in [3.8, 4) is 0 Å². The molecule has 4 rings (SSSR count). The van der Waals surface area contributed by atoms with E-state index in [1.54, 1.807) is 0 Å². The molecule has 4 aliphatic carbocycles. The highest BCUT2D eigenvalue weighted by atomic mass is 32.3. The fourth-order valence-corrected chi connectivity index (χ4v) is 9.84. The van der Waals surface area contributed by atoms with Crippen molar-refractivity contribution in [3.63, 3.8) is 0 Å². The van der Waals surface area contributed by atoms with Gasteiger partial charge in [0.1, 0.15) is 0 Å². The molecule has 5 unspecified atom stereocenters. The summed E-state index contributed by atoms with van der Waals surface area (Å²) in [7, 11) is -4.51. The predicted octanol–water partition coefficient (Wildman–Crippen LogP) is 3.18. The molecule has 0 aromatic heterocycles. The Bertz CT molecular complexity index is 866. The second-order valence-electron chi connectivity index (χ2n) is 13.2. The summed E-state index contributed by atoms with van der Waals surface area (Å²) in [4.78, 5) is 0. The molecule has 0 radical (unpaired) electrons. The third kappa shape index (κ3) is 5.27. The first-order valence-electron chi connectivity index (χ1n) is 14.1. The van der Waals surface area contributed by atoms with Crippen molar-refractivity contribution in [1.82, 2.24) is 0 Å². The van der Waals surface area contributed by atoms with Crippen LogP contribution in [0.1, 0.15) is 85.0 Å². The van der Waals surface area contributed by atoms with Crippen LogP contribution in [0.4, 0.5) is 0 Å². The molecule has 4 aliphatic rings. The quantitative estimate of drug-likeness (QED) is 0.285. The van der Waals surface area contributed by atoms with E-state index in [2.05, 4.69) is 25.0 Å². The normalized spacial score (nSPS) is 46.4. The number of rotatable bonds is 9. The Kier molecular flexibility index (Phi) is 8.53. The van der Waals surface area contributed by atoms with Gasteiger partial charge >= 0.3 is 10.4 Å². The highest BCUT2D eigenvalue weighted by molar-refractivity contribution is 7.80. The van der Waals surface area contributed by atoms with Crippen molar-refractivity contribution in [2.24, 2.45) is 52.3 Å². The van der Waals surface area contributed by atoms with Crippen LogP contribution < -0.4 is 0 Å². The van der Waals surface area contributed by atoms with Gasteiger partial charge in [-0.3, -0.25) is 4.55 Å². The van der Waals surface area contributed by atoms with Crippen LogP contribution in [-0.4, -0.2) is 64.9 Å². The monoisotopic (exact) mass is 532 g/mol. The Balaban J connectivity index is 1.42. The van der Waals surface area contributed by atoms with Gasteiger partial charge in [0.05, 0.1) is 24.9 Å². The minimum absolute atomic E-state index is 0.0680. The van der Waals surface area contributed by atoms with E-state index in [-0.39, 0.29) is 59.9 Å². The second-order valence-corrected chi connectivity index (χ2v) is 14.3. The Morgan fingerprint density at radius 1 is 1.00 bits per heavy atom. The summed E-state index contributed by atoms with van der Waals surface area (Å²) >= 11 is 0. The molecule has 0 heterocycles. The molecule has 0 amide bonds. The van der Waals surface area contributed by atoms with E-state index in [1.165, 1.54) is 0 Å². The van der Waals surface area contributed by atoms with Gasteiger partial charge < -0.3 is 20.4 Å². The molecular weight excluding hydrogens is 484 g/mol. The van der Waals surface area contributed by atoms with Gasteiger partial charge in [-0.2, -0.15) is 8.42 Å². The van der Waals surface area contributed by atoms with Crippen molar-refractivity contribution in [1.29, 1.82) is 0 Å². The maximum Gasteiger partial charge on any atom is 0.397 e. The molecule has 36 heavy (non-hydrogen) atoms. The van der Waals surface area contributed by atoms with Crippen molar-refractivity contribution in [2.45, 2.75) is 103 Å². The Hall–Kier alpha value is -0.290. The van der Waals surface area contributed by atoms with Crippen LogP contribution >= 0.6 is 0 Å². The lowest BCUT2D eigenvalue weighted by Gasteiger charge is -2.63. The largest absolute Gasteiger partial charge is 0.397 e. The van der Waals surface area contributed by atoms with Gasteiger partial charge in [0.2, 0.25) is 0 Å². The van der Waals surface area contributed by atoms with E-state index in [0.29, 0.717) is 24.2 Å². The Morgan fingerprint density at radius 3 is 2.39 bits per heavy atom. The van der Waals surface area contributed by atoms with Crippen LogP contribution in [-0.2, 0) is 14.6 Å². The summed E-state index contributed by atoms with van der Waals surface area (Å²) in [5.41, 5.74) is -0.179. The van der Waals surface area contributed by atoms with E-state index in [0.717, 1.165) is 57.8 Å². The molecular formula is C27H48O8S. The van der Waals surface area contributed by atoms with Gasteiger partial charge in [-0.25, -0.2) is 4.18 Å². The molecule has 0 aromatic carbocycles. The summed E-state index contributed by atoms with van der Waals surface area (Å²) in [6.45, 7) is 6.39. The molecule has 0 saturated heterocycles. The molecule has 210 valence electrons. The van der Waals surface area contributed by atoms with Crippen LogP contribution in [0.15, 0.2) is 0 Å². The number of hydrogen-bond acceptors (Lipinski definition) is 7. The lowest BCUT2D eigenvalue weighted by Crippen LogP contribution is -2.62. The number of fused-ring (bicyclic) bond motifs is 5. The Labute approximate surface area is 216 Å². The van der Waals surface area contributed by atoms with Crippen molar-refractivity contribution >= 4 is 10.4 Å². The highest BCUT2D eigenvalue weighted by Crippen LogP contribution is 2.68. The van der Waals surface area contributed by atoms with E-state index in [9.17, 15) is 28.8 Å². The van der Waals surface area contributed by atoms with Crippen molar-refractivity contribution in [2.75, 3.05) is 13.2 Å². The molecule has 0 bridgehead atoms. The van der Waals surface area contributed by atoms with Crippen molar-refractivity contribution in [3.05, 3.63) is 0 Å². The Morgan fingerprint density at radius 2 is 1.72 bits per heavy atom. The minimum Gasteiger partial charge on any atom is -0.396 e. The van der Waals surface area contributed by atoms with Crippen LogP contribution in [0.5, 0.6) is 0 Å². The first-order valence-corrected chi connectivity index (χ1v) is 15.4. The lowest BCUT2D eigenvalue weighted by molar-refractivity contribution is -0.207. The molecule has 4 saturated carbocycles. The van der Waals surface area contributed by atoms with Gasteiger partial charge in [0.25, 0.3) is 0 Å². The summed E-state index contributed by atoms with van der Waals surface area (Å²) in [5, 5.41) is 42.9. The SMILES string of the molecule is CC(CCCC(CO)COS(=O)(=O)O)[C@H]1CC[C@H]2[C@@H]3[C@H](O)CC4C[C@H](O)CCC4(C)[C@H]3C[C@H](O)C12C. The zero-order valence-electron chi connectivity index (χ0n) is 22.1. The summed E-state index contributed by atoms with van der Waals surface area (Å²) in [6, 6.07) is 0. The topological polar surface area (TPSA) is 145 Å². The minimum atomic E-state index is -4.51. The maximum absolute atomic E-state index is 11.7. The second kappa shape index (κ2) is 10.7. The van der Waals surface area contributed by atoms with Gasteiger partial charge in [0, 0.05) is 12.5 Å². The van der Waals surface area contributed by atoms with E-state index >= 15 is 0 Å². The smallest absolute Gasteiger partial charge is 0.396 e. The summed E-state index contributed by atoms with van der Waals surface area (Å²) in [5.74, 6) is 1.42. The lowest BCUT2D eigenvalue weighted by atomic mass is 9.43. The van der Waals surface area contributed by atoms with Gasteiger partial charge in [-0.15, -0.1) is 0 Å². The van der Waals surface area contributed by atoms with E-state index in [1.807, 2.05) is 0 Å². The first kappa shape index (κ1) is 28.7. The van der Waals surface area contributed by atoms with Crippen LogP contribution in [0, 0.1) is 52.3 Å². The first-order chi connectivity index (χ1) is 16.8. The van der Waals surface area contributed by atoms with Gasteiger partial charge in [-0.05, 0) is 97.7 Å². The molecule has 0 spiro atoms. The molecule has 4 fully saturated rings. The number of aliphatic hydroxyl groups excluding tert-OH is 4. The third-order valence-electron chi connectivity index (χ3n) is 11.5. The molecule has 12 atom stereocenters. The molecule has 0 aromatic rings. The van der Waals surface area contributed by atoms with Crippen molar-refractivity contribution < 1.29 is 37.6 Å². The maximum atomic E-state index is 11.7. The predicted molar refractivity (Wildman–Crippen MR) is 135 cm³/mol. The molecule has 0 aliphatic heterocycles. The van der Waals surface area contributed by atoms with Gasteiger partial charge in [0.15, 0.2) is 0 Å². The average molecular weight is 533 g/mol. The van der Waals surface area contributed by atoms with Crippen LogP contribution in [0.25, 0.3) is 0 Å². The number of hydrogen-bond donors (Lipinski definition) is 5. The molecule has 8 nitrogen and oxygen atoms in total. The molecule has 9 heteroatoms. The third-order valence-corrected chi connectivity index (χ3v) is 11.9. The average Bonchev–Trinajstić information content (AvgIpc) is 3.16. The highest BCUT2D eigenvalue weighted by Gasteiger charge is 2.65. The van der Waals surface area contributed by atoms with E-state index in [4.69, 9.17) is 4.55 Å². The van der Waals surface area contributed by atoms with Crippen LogP contribution in [0.3, 0.4) is 0 Å². The number of aliphatic hydroxyl groups is 4. The molecule has 5 N–H and O–H groups in total. The zero-order chi connectivity index (χ0) is 26.5. The standard InChI is InChI=1S/C27H48O8S/c1-16(5-4-6-17(14-28)15-35-36(32,33)34)20-7-8-21-25-22(13-24(31)27(20,21)3)26(2)10-9-19(29)11-18(26)12-23(25)30/h16-25,28-31H,4-15H2,1-3H3,(H,32,33,34)/t16?,17?,18?,19-,20-,21+,22+,23-,24+,25+,26?,27?/m1/s1. The summed E-state index contributed by atoms with van der Waals surface area (Å²) in [6.07, 6.45) is 7.30. The summed E-state index contributed by atoms with van der Waals surface area (Å²) < 4.78 is 34.9. The van der Waals surface area contributed by atoms with Gasteiger partial charge in [-0.1, -0.05) is 33.6 Å². The van der Waals surface area contributed by atoms with E-state index < -0.39 is 16.5 Å². The zero-order valence-corrected chi connectivity index (χ0v) is 22.9. The fourth-order valence-electron chi connectivity index (χ4n) is 9.47. The van der Waals surface area contributed by atoms with Crippen LogP contribution in [0.2, 0.25) is 0 Å².